The van der Waals surface area contributed by atoms with Crippen LogP contribution in [0.1, 0.15) is 142 Å². The standard InChI is InChI=1S/C44H75O12P/c1-3-5-7-9-11-12-13-14-15-16-17-18-19-21-27-33-43(49)53-37-42(38-55-57(51,52)54-36-41(48)35-45)56-44(50)34-28-32-40(47)31-26-23-22-25-30-39(46)29-24-20-10-8-6-4-2/h11-12,14-15,20,22-26,30-31,39-42,45-48H,3-10,13,16-19,21,27-29,32-38H2,1-2H3,(H,51,52)/b12-11-,15-14-,23-22+,24-20-,30-25+,31-26-/t39-,40-,41-,42+/m0/s1. The van der Waals surface area contributed by atoms with Crippen molar-refractivity contribution in [3.05, 3.63) is 72.9 Å². The van der Waals surface area contributed by atoms with Crippen LogP contribution in [0.3, 0.4) is 0 Å². The van der Waals surface area contributed by atoms with Crippen LogP contribution in [0.2, 0.25) is 0 Å². The van der Waals surface area contributed by atoms with E-state index < -0.39 is 70.6 Å². The number of unbranched alkanes of at least 4 members (excludes halogenated alkanes) is 11. The quantitative estimate of drug-likeness (QED) is 0.0131. The Kier molecular flexibility index (Phi) is 37.0. The molecule has 0 fully saturated rings. The van der Waals surface area contributed by atoms with Crippen molar-refractivity contribution >= 4 is 19.8 Å². The molecular formula is C44H75O12P. The molecule has 0 spiro atoms. The summed E-state index contributed by atoms with van der Waals surface area (Å²) in [5.74, 6) is -1.19. The third-order valence-electron chi connectivity index (χ3n) is 8.52. The van der Waals surface area contributed by atoms with Crippen LogP contribution in [0.25, 0.3) is 0 Å². The fourth-order valence-corrected chi connectivity index (χ4v) is 5.95. The van der Waals surface area contributed by atoms with Crippen molar-refractivity contribution in [2.24, 2.45) is 0 Å². The van der Waals surface area contributed by atoms with Gasteiger partial charge >= 0.3 is 19.8 Å². The Balaban J connectivity index is 4.63. The second-order valence-corrected chi connectivity index (χ2v) is 15.5. The molecule has 12 nitrogen and oxygen atoms in total. The molecule has 0 amide bonds. The van der Waals surface area contributed by atoms with E-state index in [4.69, 9.17) is 19.1 Å². The Bertz CT molecular complexity index is 1210. The van der Waals surface area contributed by atoms with E-state index in [-0.39, 0.29) is 25.7 Å². The highest BCUT2D eigenvalue weighted by atomic mass is 31.2. The lowest BCUT2D eigenvalue weighted by Gasteiger charge is -2.20. The van der Waals surface area contributed by atoms with Gasteiger partial charge in [-0.3, -0.25) is 18.6 Å². The highest BCUT2D eigenvalue weighted by Gasteiger charge is 2.27. The van der Waals surface area contributed by atoms with Crippen molar-refractivity contribution in [3.8, 4) is 0 Å². The van der Waals surface area contributed by atoms with Crippen molar-refractivity contribution in [1.29, 1.82) is 0 Å². The number of ether oxygens (including phenoxy) is 2. The minimum atomic E-state index is -4.69. The number of aliphatic hydroxyl groups excluding tert-OH is 4. The molecule has 0 aromatic carbocycles. The molecule has 0 aliphatic heterocycles. The summed E-state index contributed by atoms with van der Waals surface area (Å²) in [4.78, 5) is 35.0. The van der Waals surface area contributed by atoms with Gasteiger partial charge in [0.15, 0.2) is 6.10 Å². The monoisotopic (exact) mass is 826 g/mol. The number of carbonyl (C=O) groups is 2. The zero-order chi connectivity index (χ0) is 42.2. The first-order valence-corrected chi connectivity index (χ1v) is 22.6. The van der Waals surface area contributed by atoms with Gasteiger partial charge in [0.1, 0.15) is 12.7 Å². The van der Waals surface area contributed by atoms with Crippen LogP contribution in [0.15, 0.2) is 72.9 Å². The molecule has 0 aromatic heterocycles. The molecule has 0 bridgehead atoms. The zero-order valence-electron chi connectivity index (χ0n) is 34.7. The Hall–Kier alpha value is -2.67. The van der Waals surface area contributed by atoms with Gasteiger partial charge in [0, 0.05) is 12.8 Å². The van der Waals surface area contributed by atoms with Crippen LogP contribution >= 0.6 is 7.82 Å². The SMILES string of the molecule is CCCCC/C=C\C/C=C\CCCCCCCC(=O)OC[C@H](COP(=O)(O)OC[C@@H](O)CO)OC(=O)CCC[C@@H](O)\C=C/C=C/C=C/[C@@H](O)C/C=C\CCCCC. The number of hydrogen-bond acceptors (Lipinski definition) is 11. The van der Waals surface area contributed by atoms with Gasteiger partial charge < -0.3 is 34.8 Å². The van der Waals surface area contributed by atoms with Crippen LogP contribution in [-0.4, -0.2) is 88.1 Å². The highest BCUT2D eigenvalue weighted by molar-refractivity contribution is 7.47. The van der Waals surface area contributed by atoms with E-state index in [1.165, 1.54) is 32.1 Å². The summed E-state index contributed by atoms with van der Waals surface area (Å²) >= 11 is 0. The first kappa shape index (κ1) is 54.3. The summed E-state index contributed by atoms with van der Waals surface area (Å²) in [6.07, 6.45) is 36.4. The predicted molar refractivity (Wildman–Crippen MR) is 226 cm³/mol. The van der Waals surface area contributed by atoms with Crippen LogP contribution in [-0.2, 0) is 32.7 Å². The number of phosphoric ester groups is 1. The highest BCUT2D eigenvalue weighted by Crippen LogP contribution is 2.43. The molecule has 57 heavy (non-hydrogen) atoms. The minimum Gasteiger partial charge on any atom is -0.462 e. The fourth-order valence-electron chi connectivity index (χ4n) is 5.16. The number of allylic oxidation sites excluding steroid dienone is 9. The lowest BCUT2D eigenvalue weighted by atomic mass is 10.1. The molecule has 328 valence electrons. The predicted octanol–water partition coefficient (Wildman–Crippen LogP) is 8.83. The average Bonchev–Trinajstić information content (AvgIpc) is 3.19. The normalized spacial score (nSPS) is 15.7. The third-order valence-corrected chi connectivity index (χ3v) is 9.47. The molecule has 0 heterocycles. The molecule has 0 radical (unpaired) electrons. The minimum absolute atomic E-state index is 0.0825. The van der Waals surface area contributed by atoms with E-state index in [1.807, 2.05) is 6.08 Å². The van der Waals surface area contributed by atoms with E-state index in [9.17, 15) is 34.4 Å². The largest absolute Gasteiger partial charge is 0.472 e. The van der Waals surface area contributed by atoms with E-state index in [0.29, 0.717) is 12.8 Å². The van der Waals surface area contributed by atoms with Gasteiger partial charge in [0.2, 0.25) is 0 Å². The molecule has 5 atom stereocenters. The van der Waals surface area contributed by atoms with Crippen molar-refractivity contribution in [2.75, 3.05) is 26.4 Å². The lowest BCUT2D eigenvalue weighted by molar-refractivity contribution is -0.161. The molecule has 0 aliphatic carbocycles. The summed E-state index contributed by atoms with van der Waals surface area (Å²) in [7, 11) is -4.69. The summed E-state index contributed by atoms with van der Waals surface area (Å²) in [5.41, 5.74) is 0. The molecule has 0 aliphatic rings. The van der Waals surface area contributed by atoms with Gasteiger partial charge in [-0.15, -0.1) is 0 Å². The van der Waals surface area contributed by atoms with Crippen molar-refractivity contribution in [3.63, 3.8) is 0 Å². The maximum absolute atomic E-state index is 12.6. The van der Waals surface area contributed by atoms with Gasteiger partial charge in [-0.1, -0.05) is 132 Å². The molecule has 0 saturated heterocycles. The summed E-state index contributed by atoms with van der Waals surface area (Å²) in [6, 6.07) is 0. The van der Waals surface area contributed by atoms with E-state index in [1.54, 1.807) is 36.5 Å². The van der Waals surface area contributed by atoms with Crippen LogP contribution in [0.5, 0.6) is 0 Å². The molecule has 5 N–H and O–H groups in total. The zero-order valence-corrected chi connectivity index (χ0v) is 35.6. The molecule has 0 saturated carbocycles. The Morgan fingerprint density at radius 1 is 0.614 bits per heavy atom. The maximum atomic E-state index is 12.6. The van der Waals surface area contributed by atoms with Gasteiger partial charge in [0.25, 0.3) is 0 Å². The topological polar surface area (TPSA) is 189 Å². The Labute approximate surface area is 343 Å². The first-order chi connectivity index (χ1) is 27.5. The van der Waals surface area contributed by atoms with E-state index in [0.717, 1.165) is 57.8 Å². The number of carbonyl (C=O) groups excluding carboxylic acids is 2. The molecule has 13 heteroatoms. The summed E-state index contributed by atoms with van der Waals surface area (Å²) in [5, 5.41) is 38.6. The van der Waals surface area contributed by atoms with Crippen LogP contribution in [0.4, 0.5) is 0 Å². The van der Waals surface area contributed by atoms with Gasteiger partial charge in [0.05, 0.1) is 32.0 Å². The van der Waals surface area contributed by atoms with Crippen molar-refractivity contribution in [2.45, 2.75) is 167 Å². The van der Waals surface area contributed by atoms with Crippen molar-refractivity contribution < 1.29 is 58.0 Å². The summed E-state index contributed by atoms with van der Waals surface area (Å²) in [6.45, 7) is 1.97. The average molecular weight is 827 g/mol. The van der Waals surface area contributed by atoms with Crippen LogP contribution < -0.4 is 0 Å². The van der Waals surface area contributed by atoms with Gasteiger partial charge in [-0.25, -0.2) is 4.57 Å². The number of hydrogen-bond donors (Lipinski definition) is 5. The number of rotatable bonds is 38. The smallest absolute Gasteiger partial charge is 0.462 e. The van der Waals surface area contributed by atoms with Crippen LogP contribution in [0, 0.1) is 0 Å². The number of esters is 2. The number of phosphoric acid groups is 1. The second-order valence-electron chi connectivity index (χ2n) is 14.1. The Morgan fingerprint density at radius 2 is 1.16 bits per heavy atom. The van der Waals surface area contributed by atoms with Crippen molar-refractivity contribution in [1.82, 2.24) is 0 Å². The first-order valence-electron chi connectivity index (χ1n) is 21.1. The van der Waals surface area contributed by atoms with Gasteiger partial charge in [-0.2, -0.15) is 0 Å². The lowest BCUT2D eigenvalue weighted by Crippen LogP contribution is -2.30. The molecule has 0 rings (SSSR count). The second kappa shape index (κ2) is 38.8. The Morgan fingerprint density at radius 3 is 1.79 bits per heavy atom. The fraction of sp³-hybridized carbons (Fsp3) is 0.682. The summed E-state index contributed by atoms with van der Waals surface area (Å²) < 4.78 is 32.5. The van der Waals surface area contributed by atoms with E-state index >= 15 is 0 Å². The molecule has 1 unspecified atom stereocenters. The van der Waals surface area contributed by atoms with E-state index in [2.05, 4.69) is 48.8 Å². The molecule has 0 aromatic rings. The maximum Gasteiger partial charge on any atom is 0.472 e. The number of aliphatic hydroxyl groups is 4. The van der Waals surface area contributed by atoms with Gasteiger partial charge in [-0.05, 0) is 70.6 Å². The molecular weight excluding hydrogens is 751 g/mol. The third kappa shape index (κ3) is 38.6.